The lowest BCUT2D eigenvalue weighted by atomic mass is 9.75. The van der Waals surface area contributed by atoms with Gasteiger partial charge in [0.2, 0.25) is 5.90 Å². The first-order valence-corrected chi connectivity index (χ1v) is 12.9. The molecule has 0 amide bonds. The monoisotopic (exact) mass is 504 g/mol. The zero-order valence-corrected chi connectivity index (χ0v) is 22.4. The fourth-order valence-corrected chi connectivity index (χ4v) is 4.76. The number of nitrogens with zero attached hydrogens (tertiary/aromatic N) is 2. The van der Waals surface area contributed by atoms with Gasteiger partial charge in [0.15, 0.2) is 11.6 Å². The molecule has 0 fully saturated rings. The molecule has 1 heterocycles. The summed E-state index contributed by atoms with van der Waals surface area (Å²) in [6.45, 7) is 6.84. The summed E-state index contributed by atoms with van der Waals surface area (Å²) in [6, 6.07) is 15.0. The van der Waals surface area contributed by atoms with Crippen molar-refractivity contribution in [2.75, 3.05) is 27.2 Å². The van der Waals surface area contributed by atoms with E-state index in [-0.39, 0.29) is 17.5 Å². The van der Waals surface area contributed by atoms with Crippen molar-refractivity contribution in [2.45, 2.75) is 58.2 Å². The third-order valence-electron chi connectivity index (χ3n) is 6.71. The molecule has 0 radical (unpaired) electrons. The van der Waals surface area contributed by atoms with Gasteiger partial charge in [-0.25, -0.2) is 0 Å². The second kappa shape index (κ2) is 11.3. The number of benzene rings is 2. The van der Waals surface area contributed by atoms with Gasteiger partial charge in [0.05, 0.1) is 0 Å². The zero-order chi connectivity index (χ0) is 26.6. The molecular weight excluding hydrogens is 468 g/mol. The first-order chi connectivity index (χ1) is 17.7. The number of ether oxygens (including phenoxy) is 2. The summed E-state index contributed by atoms with van der Waals surface area (Å²) in [5.74, 6) is 0.298. The molecule has 1 aliphatic carbocycles. The Labute approximate surface area is 219 Å². The highest BCUT2D eigenvalue weighted by atomic mass is 16.8. The van der Waals surface area contributed by atoms with E-state index in [4.69, 9.17) is 14.3 Å². The molecule has 0 spiro atoms. The van der Waals surface area contributed by atoms with E-state index >= 15 is 0 Å². The quantitative estimate of drug-likeness (QED) is 0.362. The van der Waals surface area contributed by atoms with Crippen LogP contribution in [0.1, 0.15) is 78.7 Å². The summed E-state index contributed by atoms with van der Waals surface area (Å²) < 4.78 is 11.6. The van der Waals surface area contributed by atoms with E-state index in [1.807, 2.05) is 58.3 Å². The molecule has 0 bridgehead atoms. The average Bonchev–Trinajstić information content (AvgIpc) is 3.22. The van der Waals surface area contributed by atoms with Gasteiger partial charge in [-0.15, -0.1) is 0 Å². The maximum absolute atomic E-state index is 13.7. The molecule has 0 saturated heterocycles. The molecule has 2 aromatic rings. The van der Waals surface area contributed by atoms with Crippen molar-refractivity contribution in [3.8, 4) is 5.75 Å². The average molecular weight is 505 g/mol. The second-order valence-electron chi connectivity index (χ2n) is 10.3. The Morgan fingerprint density at radius 1 is 0.973 bits per heavy atom. The number of hydrogen-bond acceptors (Lipinski definition) is 7. The fourth-order valence-electron chi connectivity index (χ4n) is 4.76. The van der Waals surface area contributed by atoms with E-state index in [1.165, 1.54) is 0 Å². The van der Waals surface area contributed by atoms with E-state index < -0.39 is 5.79 Å². The van der Waals surface area contributed by atoms with Crippen LogP contribution >= 0.6 is 0 Å². The number of allylic oxidation sites excluding steroid dienone is 2. The van der Waals surface area contributed by atoms with E-state index in [9.17, 15) is 9.59 Å². The number of carbonyl (C=O) groups excluding carboxylic acids is 2. The van der Waals surface area contributed by atoms with Crippen molar-refractivity contribution in [1.82, 2.24) is 4.90 Å². The predicted molar refractivity (Wildman–Crippen MR) is 143 cm³/mol. The Hall–Kier alpha value is -3.45. The molecule has 0 aromatic heterocycles. The summed E-state index contributed by atoms with van der Waals surface area (Å²) in [6.07, 6.45) is 3.02. The standard InChI is InChI=1S/C30H36N2O5/c1-20-27(29(34)25-12-7-6-11-24(25)28(20)33)23(10-8-9-13-26-31-37-30(2,3)36-26)21-14-16-22(17-15-21)35-19-18-32(4)5/h6-7,11-12,14-17,23H,8-10,13,18-19H2,1-5H3. The minimum atomic E-state index is -0.724. The van der Waals surface area contributed by atoms with Gasteiger partial charge in [0.25, 0.3) is 5.79 Å². The van der Waals surface area contributed by atoms with Gasteiger partial charge in [-0.05, 0) is 56.7 Å². The number of likely N-dealkylation sites (N-methyl/N-ethyl adjacent to an activating group) is 1. The zero-order valence-electron chi connectivity index (χ0n) is 22.4. The topological polar surface area (TPSA) is 77.4 Å². The van der Waals surface area contributed by atoms with Crippen LogP contribution in [0, 0.1) is 0 Å². The minimum Gasteiger partial charge on any atom is -0.492 e. The fraction of sp³-hybridized carbons (Fsp3) is 0.433. The first-order valence-electron chi connectivity index (χ1n) is 12.9. The minimum absolute atomic E-state index is 0.0670. The van der Waals surface area contributed by atoms with Crippen LogP contribution in [0.2, 0.25) is 0 Å². The number of Topliss-reactive ketones (excluding diaryl/α,β-unsaturated/α-hetero) is 2. The highest BCUT2D eigenvalue weighted by molar-refractivity contribution is 6.27. The second-order valence-corrected chi connectivity index (χ2v) is 10.3. The third kappa shape index (κ3) is 6.28. The van der Waals surface area contributed by atoms with Crippen LogP contribution in [0.15, 0.2) is 64.8 Å². The molecule has 7 nitrogen and oxygen atoms in total. The summed E-state index contributed by atoms with van der Waals surface area (Å²) in [5.41, 5.74) is 3.07. The normalized spacial score (nSPS) is 17.3. The number of unbranched alkanes of at least 4 members (excludes halogenated alkanes) is 1. The Bertz CT molecular complexity index is 1210. The van der Waals surface area contributed by atoms with Gasteiger partial charge in [0, 0.05) is 55.0 Å². The number of fused-ring (bicyclic) bond motifs is 1. The van der Waals surface area contributed by atoms with Gasteiger partial charge < -0.3 is 19.2 Å². The molecule has 0 N–H and O–H groups in total. The molecule has 1 unspecified atom stereocenters. The Morgan fingerprint density at radius 2 is 1.65 bits per heavy atom. The summed E-state index contributed by atoms with van der Waals surface area (Å²) in [4.78, 5) is 34.2. The maximum Gasteiger partial charge on any atom is 0.271 e. The third-order valence-corrected chi connectivity index (χ3v) is 6.71. The molecular formula is C30H36N2O5. The van der Waals surface area contributed by atoms with Crippen LogP contribution in [-0.2, 0) is 9.57 Å². The van der Waals surface area contributed by atoms with Crippen molar-refractivity contribution in [2.24, 2.45) is 5.16 Å². The van der Waals surface area contributed by atoms with Crippen LogP contribution in [-0.4, -0.2) is 55.4 Å². The van der Waals surface area contributed by atoms with Crippen LogP contribution in [0.3, 0.4) is 0 Å². The molecule has 4 rings (SSSR count). The molecule has 2 aromatic carbocycles. The van der Waals surface area contributed by atoms with E-state index in [2.05, 4.69) is 10.1 Å². The lowest BCUT2D eigenvalue weighted by Gasteiger charge is -2.26. The van der Waals surface area contributed by atoms with Gasteiger partial charge in [0.1, 0.15) is 12.4 Å². The van der Waals surface area contributed by atoms with Gasteiger partial charge in [-0.3, -0.25) is 9.59 Å². The van der Waals surface area contributed by atoms with Crippen LogP contribution in [0.4, 0.5) is 0 Å². The smallest absolute Gasteiger partial charge is 0.271 e. The Morgan fingerprint density at radius 3 is 2.27 bits per heavy atom. The predicted octanol–water partition coefficient (Wildman–Crippen LogP) is 5.76. The molecule has 0 saturated carbocycles. The summed E-state index contributed by atoms with van der Waals surface area (Å²) in [5, 5.41) is 4.03. The maximum atomic E-state index is 13.7. The van der Waals surface area contributed by atoms with Crippen LogP contribution in [0.25, 0.3) is 0 Å². The molecule has 1 aliphatic heterocycles. The molecule has 37 heavy (non-hydrogen) atoms. The lowest BCUT2D eigenvalue weighted by molar-refractivity contribution is -0.129. The highest BCUT2D eigenvalue weighted by Crippen LogP contribution is 2.39. The molecule has 196 valence electrons. The van der Waals surface area contributed by atoms with Crippen molar-refractivity contribution < 1.29 is 23.9 Å². The van der Waals surface area contributed by atoms with Crippen LogP contribution in [0.5, 0.6) is 5.75 Å². The number of carbonyl (C=O) groups is 2. The molecule has 1 atom stereocenters. The van der Waals surface area contributed by atoms with Gasteiger partial charge >= 0.3 is 0 Å². The molecule has 2 aliphatic rings. The van der Waals surface area contributed by atoms with Crippen molar-refractivity contribution in [3.05, 3.63) is 76.4 Å². The Balaban J connectivity index is 1.55. The van der Waals surface area contributed by atoms with Crippen molar-refractivity contribution in [3.63, 3.8) is 0 Å². The van der Waals surface area contributed by atoms with E-state index in [0.29, 0.717) is 47.6 Å². The number of oxime groups is 1. The molecule has 7 heteroatoms. The van der Waals surface area contributed by atoms with Gasteiger partial charge in [-0.2, -0.15) is 0 Å². The SMILES string of the molecule is CC1=C(C(CCCCC2=NOC(C)(C)O2)c2ccc(OCCN(C)C)cc2)C(=O)c2ccccc2C1=O. The van der Waals surface area contributed by atoms with Crippen molar-refractivity contribution >= 4 is 17.5 Å². The van der Waals surface area contributed by atoms with E-state index in [0.717, 1.165) is 30.7 Å². The van der Waals surface area contributed by atoms with Crippen LogP contribution < -0.4 is 4.74 Å². The van der Waals surface area contributed by atoms with Crippen molar-refractivity contribution in [1.29, 1.82) is 0 Å². The summed E-state index contributed by atoms with van der Waals surface area (Å²) in [7, 11) is 4.01. The highest BCUT2D eigenvalue weighted by Gasteiger charge is 2.34. The summed E-state index contributed by atoms with van der Waals surface area (Å²) >= 11 is 0. The first kappa shape index (κ1) is 26.6. The number of ketones is 2. The largest absolute Gasteiger partial charge is 0.492 e. The van der Waals surface area contributed by atoms with Gasteiger partial charge in [-0.1, -0.05) is 42.8 Å². The number of hydrogen-bond donors (Lipinski definition) is 0. The lowest BCUT2D eigenvalue weighted by Crippen LogP contribution is -2.25. The van der Waals surface area contributed by atoms with E-state index in [1.54, 1.807) is 25.1 Å². The number of rotatable bonds is 11. The Kier molecular flexibility index (Phi) is 8.13.